The number of alkyl halides is 3. The van der Waals surface area contributed by atoms with Gasteiger partial charge in [0.1, 0.15) is 0 Å². The van der Waals surface area contributed by atoms with Gasteiger partial charge in [0.15, 0.2) is 0 Å². The van der Waals surface area contributed by atoms with Crippen LogP contribution >= 0.6 is 0 Å². The molecule has 2 nitrogen and oxygen atoms in total. The van der Waals surface area contributed by atoms with E-state index in [0.29, 0.717) is 12.1 Å². The smallest absolute Gasteiger partial charge is 0.355 e. The van der Waals surface area contributed by atoms with E-state index in [2.05, 4.69) is 5.32 Å². The molecular weight excluding hydrogens is 327 g/mol. The minimum absolute atomic E-state index is 0.0102. The summed E-state index contributed by atoms with van der Waals surface area (Å²) in [6.07, 6.45) is 3.35. The number of carbonyl (C=O) groups excluding carboxylic acids is 1. The van der Waals surface area contributed by atoms with Crippen molar-refractivity contribution in [1.29, 1.82) is 0 Å². The molecule has 0 atom stereocenters. The summed E-state index contributed by atoms with van der Waals surface area (Å²) < 4.78 is 38.3. The number of rotatable bonds is 4. The molecule has 0 spiro atoms. The van der Waals surface area contributed by atoms with Crippen LogP contribution in [0.15, 0.2) is 24.3 Å². The number of benzene rings is 1. The van der Waals surface area contributed by atoms with E-state index in [-0.39, 0.29) is 17.7 Å². The molecule has 1 aromatic rings. The molecule has 4 aliphatic rings. The topological polar surface area (TPSA) is 29.1 Å². The minimum atomic E-state index is -4.37. The van der Waals surface area contributed by atoms with Crippen LogP contribution in [0.1, 0.15) is 49.7 Å². The predicted octanol–water partition coefficient (Wildman–Crippen LogP) is 4.58. The first-order valence-corrected chi connectivity index (χ1v) is 9.24. The Morgan fingerprint density at radius 1 is 1.08 bits per heavy atom. The van der Waals surface area contributed by atoms with Gasteiger partial charge in [0.25, 0.3) is 0 Å². The monoisotopic (exact) mass is 351 g/mol. The zero-order chi connectivity index (χ0) is 17.7. The van der Waals surface area contributed by atoms with Crippen LogP contribution in [-0.4, -0.2) is 12.5 Å². The highest BCUT2D eigenvalue weighted by Gasteiger charge is 2.50. The number of amides is 1. The van der Waals surface area contributed by atoms with Crippen LogP contribution in [0.3, 0.4) is 0 Å². The maximum atomic E-state index is 12.8. The second-order valence-electron chi connectivity index (χ2n) is 8.57. The molecule has 5 rings (SSSR count). The van der Waals surface area contributed by atoms with E-state index in [1.54, 1.807) is 6.07 Å². The summed E-state index contributed by atoms with van der Waals surface area (Å²) in [7, 11) is 0. The molecule has 0 saturated heterocycles. The fraction of sp³-hybridized carbons (Fsp3) is 0.650. The lowest BCUT2D eigenvalue weighted by Crippen LogP contribution is -2.51. The number of carbonyl (C=O) groups is 1. The Hall–Kier alpha value is -1.52. The van der Waals surface area contributed by atoms with Crippen LogP contribution in [0.4, 0.5) is 13.2 Å². The van der Waals surface area contributed by atoms with Crippen LogP contribution < -0.4 is 5.32 Å². The maximum absolute atomic E-state index is 12.8. The molecule has 1 amide bonds. The highest BCUT2D eigenvalue weighted by Crippen LogP contribution is 2.59. The fourth-order valence-electron chi connectivity index (χ4n) is 5.90. The molecule has 5 heteroatoms. The summed E-state index contributed by atoms with van der Waals surface area (Å²) in [6, 6.07) is 5.06. The fourth-order valence-corrected chi connectivity index (χ4v) is 5.90. The van der Waals surface area contributed by atoms with Gasteiger partial charge >= 0.3 is 6.18 Å². The van der Waals surface area contributed by atoms with Gasteiger partial charge in [-0.2, -0.15) is 13.2 Å². The Bertz CT molecular complexity index is 632. The molecule has 0 aliphatic heterocycles. The second kappa shape index (κ2) is 6.03. The molecule has 1 aromatic carbocycles. The van der Waals surface area contributed by atoms with Crippen LogP contribution in [0, 0.1) is 23.2 Å². The highest BCUT2D eigenvalue weighted by atomic mass is 19.4. The van der Waals surface area contributed by atoms with E-state index < -0.39 is 11.7 Å². The average molecular weight is 351 g/mol. The van der Waals surface area contributed by atoms with Crippen molar-refractivity contribution in [2.45, 2.75) is 51.1 Å². The Labute approximate surface area is 146 Å². The molecule has 0 heterocycles. The Morgan fingerprint density at radius 3 is 2.24 bits per heavy atom. The standard InChI is InChI=1S/C20H24F3NO/c21-20(22,23)17-3-1-2-13(7-17)8-18(25)24-12-19-9-14-4-15(10-19)6-16(5-14)11-19/h1-3,7,14-16H,4-6,8-12H2,(H,24,25). The van der Waals surface area contributed by atoms with Gasteiger partial charge in [-0.15, -0.1) is 0 Å². The lowest BCUT2D eigenvalue weighted by molar-refractivity contribution is -0.137. The van der Waals surface area contributed by atoms with E-state index in [4.69, 9.17) is 0 Å². The summed E-state index contributed by atoms with van der Waals surface area (Å²) >= 11 is 0. The second-order valence-corrected chi connectivity index (χ2v) is 8.57. The summed E-state index contributed by atoms with van der Waals surface area (Å²) in [4.78, 5) is 12.3. The van der Waals surface area contributed by atoms with Crippen LogP contribution in [0.2, 0.25) is 0 Å². The van der Waals surface area contributed by atoms with Crippen molar-refractivity contribution in [1.82, 2.24) is 5.32 Å². The van der Waals surface area contributed by atoms with E-state index in [9.17, 15) is 18.0 Å². The number of halogens is 3. The predicted molar refractivity (Wildman–Crippen MR) is 88.8 cm³/mol. The average Bonchev–Trinajstić information content (AvgIpc) is 2.51. The summed E-state index contributed by atoms with van der Waals surface area (Å²) in [5.41, 5.74) is -0.0326. The summed E-state index contributed by atoms with van der Waals surface area (Å²) in [5.74, 6) is 2.31. The van der Waals surface area contributed by atoms with Gasteiger partial charge in [-0.25, -0.2) is 0 Å². The third-order valence-corrected chi connectivity index (χ3v) is 6.44. The molecule has 25 heavy (non-hydrogen) atoms. The van der Waals surface area contributed by atoms with E-state index in [1.165, 1.54) is 44.6 Å². The van der Waals surface area contributed by atoms with Crippen molar-refractivity contribution in [2.24, 2.45) is 23.2 Å². The van der Waals surface area contributed by atoms with Gasteiger partial charge in [-0.1, -0.05) is 18.2 Å². The molecule has 4 fully saturated rings. The lowest BCUT2D eigenvalue weighted by Gasteiger charge is -2.56. The van der Waals surface area contributed by atoms with E-state index in [0.717, 1.165) is 29.9 Å². The van der Waals surface area contributed by atoms with Crippen molar-refractivity contribution in [3.63, 3.8) is 0 Å². The molecule has 4 bridgehead atoms. The van der Waals surface area contributed by atoms with E-state index in [1.807, 2.05) is 0 Å². The molecule has 1 N–H and O–H groups in total. The third-order valence-electron chi connectivity index (χ3n) is 6.44. The quantitative estimate of drug-likeness (QED) is 0.845. The van der Waals surface area contributed by atoms with Crippen LogP contribution in [0.25, 0.3) is 0 Å². The Kier molecular flexibility index (Phi) is 4.08. The van der Waals surface area contributed by atoms with Crippen molar-refractivity contribution in [2.75, 3.05) is 6.54 Å². The van der Waals surface area contributed by atoms with Gasteiger partial charge < -0.3 is 5.32 Å². The molecule has 0 aromatic heterocycles. The zero-order valence-corrected chi connectivity index (χ0v) is 14.2. The normalized spacial score (nSPS) is 33.5. The van der Waals surface area contributed by atoms with Crippen molar-refractivity contribution < 1.29 is 18.0 Å². The van der Waals surface area contributed by atoms with E-state index >= 15 is 0 Å². The highest BCUT2D eigenvalue weighted by molar-refractivity contribution is 5.78. The van der Waals surface area contributed by atoms with Gasteiger partial charge in [0.2, 0.25) is 5.91 Å². The molecule has 4 saturated carbocycles. The third kappa shape index (κ3) is 3.56. The first-order valence-electron chi connectivity index (χ1n) is 9.24. The summed E-state index contributed by atoms with van der Waals surface area (Å²) in [6.45, 7) is 0.689. The molecular formula is C20H24F3NO. The number of hydrogen-bond donors (Lipinski definition) is 1. The maximum Gasteiger partial charge on any atom is 0.416 e. The molecule has 0 radical (unpaired) electrons. The van der Waals surface area contributed by atoms with Gasteiger partial charge in [0.05, 0.1) is 12.0 Å². The largest absolute Gasteiger partial charge is 0.416 e. The summed E-state index contributed by atoms with van der Waals surface area (Å²) in [5, 5.41) is 3.03. The SMILES string of the molecule is O=C(Cc1cccc(C(F)(F)F)c1)NCC12CC3CC(CC(C3)C1)C2. The van der Waals surface area contributed by atoms with Crippen molar-refractivity contribution >= 4 is 5.91 Å². The van der Waals surface area contributed by atoms with Crippen LogP contribution in [-0.2, 0) is 17.4 Å². The van der Waals surface area contributed by atoms with Gasteiger partial charge in [-0.3, -0.25) is 4.79 Å². The molecule has 136 valence electrons. The molecule has 4 aliphatic carbocycles. The number of hydrogen-bond acceptors (Lipinski definition) is 1. The lowest BCUT2D eigenvalue weighted by atomic mass is 9.49. The number of nitrogens with one attached hydrogen (secondary N) is 1. The van der Waals surface area contributed by atoms with Gasteiger partial charge in [0, 0.05) is 6.54 Å². The Morgan fingerprint density at radius 2 is 1.68 bits per heavy atom. The first-order chi connectivity index (χ1) is 11.8. The van der Waals surface area contributed by atoms with Crippen molar-refractivity contribution in [3.05, 3.63) is 35.4 Å². The van der Waals surface area contributed by atoms with Crippen LogP contribution in [0.5, 0.6) is 0 Å². The van der Waals surface area contributed by atoms with Gasteiger partial charge in [-0.05, 0) is 73.3 Å². The molecule has 0 unspecified atom stereocenters. The first kappa shape index (κ1) is 16.9. The van der Waals surface area contributed by atoms with Crippen molar-refractivity contribution in [3.8, 4) is 0 Å². The zero-order valence-electron chi connectivity index (χ0n) is 14.2. The Balaban J connectivity index is 1.36. The minimum Gasteiger partial charge on any atom is -0.355 e.